The van der Waals surface area contributed by atoms with E-state index in [4.69, 9.17) is 5.73 Å². The first-order chi connectivity index (χ1) is 9.13. The number of amides is 1. The third-order valence-corrected chi connectivity index (χ3v) is 3.92. The van der Waals surface area contributed by atoms with Gasteiger partial charge in [0.25, 0.3) is 5.91 Å². The van der Waals surface area contributed by atoms with Crippen LogP contribution in [0.15, 0.2) is 18.2 Å². The lowest BCUT2D eigenvalue weighted by molar-refractivity contribution is 0.0668. The highest BCUT2D eigenvalue weighted by molar-refractivity contribution is 5.96. The van der Waals surface area contributed by atoms with Crippen LogP contribution >= 0.6 is 0 Å². The van der Waals surface area contributed by atoms with Gasteiger partial charge in [0.1, 0.15) is 5.75 Å². The number of piperidine rings is 1. The number of rotatable bonds is 3. The van der Waals surface area contributed by atoms with Crippen molar-refractivity contribution in [3.05, 3.63) is 29.3 Å². The van der Waals surface area contributed by atoms with Crippen LogP contribution in [0.3, 0.4) is 0 Å². The Kier molecular flexibility index (Phi) is 4.43. The van der Waals surface area contributed by atoms with Crippen LogP contribution in [-0.4, -0.2) is 35.5 Å². The zero-order valence-corrected chi connectivity index (χ0v) is 11.4. The Labute approximate surface area is 114 Å². The SMILES string of the molecule is Cc1c(O)cccc1C(=O)N1CCCC(CCN)C1. The van der Waals surface area contributed by atoms with Crippen LogP contribution in [0, 0.1) is 12.8 Å². The maximum absolute atomic E-state index is 12.5. The topological polar surface area (TPSA) is 66.6 Å². The molecule has 104 valence electrons. The maximum Gasteiger partial charge on any atom is 0.254 e. The largest absolute Gasteiger partial charge is 0.508 e. The molecule has 1 aromatic rings. The monoisotopic (exact) mass is 262 g/mol. The number of benzene rings is 1. The molecular formula is C15H22N2O2. The van der Waals surface area contributed by atoms with E-state index in [-0.39, 0.29) is 11.7 Å². The normalized spacial score (nSPS) is 19.5. The van der Waals surface area contributed by atoms with E-state index in [1.54, 1.807) is 25.1 Å². The van der Waals surface area contributed by atoms with Crippen LogP contribution in [0.5, 0.6) is 5.75 Å². The Hall–Kier alpha value is -1.55. The predicted octanol–water partition coefficient (Wildman–Crippen LogP) is 1.90. The highest BCUT2D eigenvalue weighted by Crippen LogP contribution is 2.24. The molecule has 4 nitrogen and oxygen atoms in total. The average molecular weight is 262 g/mol. The number of aromatic hydroxyl groups is 1. The molecule has 19 heavy (non-hydrogen) atoms. The molecule has 0 bridgehead atoms. The molecule has 1 amide bonds. The standard InChI is InChI=1S/C15H22N2O2/c1-11-13(5-2-6-14(11)18)15(19)17-9-3-4-12(10-17)7-8-16/h2,5-6,12,18H,3-4,7-10,16H2,1H3. The molecule has 0 aliphatic carbocycles. The van der Waals surface area contributed by atoms with Gasteiger partial charge in [-0.3, -0.25) is 4.79 Å². The number of phenols is 1. The van der Waals surface area contributed by atoms with Crippen molar-refractivity contribution in [2.75, 3.05) is 19.6 Å². The lowest BCUT2D eigenvalue weighted by Gasteiger charge is -2.33. The predicted molar refractivity (Wildman–Crippen MR) is 75.1 cm³/mol. The average Bonchev–Trinajstić information content (AvgIpc) is 2.42. The number of carbonyl (C=O) groups is 1. The first kappa shape index (κ1) is 13.9. The Morgan fingerprint density at radius 2 is 2.32 bits per heavy atom. The van der Waals surface area contributed by atoms with E-state index in [9.17, 15) is 9.90 Å². The molecule has 0 saturated carbocycles. The third kappa shape index (κ3) is 3.07. The van der Waals surface area contributed by atoms with Gasteiger partial charge in [-0.25, -0.2) is 0 Å². The molecule has 4 heteroatoms. The zero-order valence-electron chi connectivity index (χ0n) is 11.4. The van der Waals surface area contributed by atoms with Gasteiger partial charge in [-0.05, 0) is 50.8 Å². The van der Waals surface area contributed by atoms with Gasteiger partial charge in [-0.1, -0.05) is 6.07 Å². The highest BCUT2D eigenvalue weighted by atomic mass is 16.3. The van der Waals surface area contributed by atoms with Gasteiger partial charge < -0.3 is 15.7 Å². The molecule has 1 unspecified atom stereocenters. The third-order valence-electron chi connectivity index (χ3n) is 3.92. The molecule has 1 fully saturated rings. The van der Waals surface area contributed by atoms with Crippen molar-refractivity contribution in [1.82, 2.24) is 4.90 Å². The smallest absolute Gasteiger partial charge is 0.254 e. The van der Waals surface area contributed by atoms with Crippen LogP contribution in [-0.2, 0) is 0 Å². The molecule has 0 aromatic heterocycles. The number of phenolic OH excluding ortho intramolecular Hbond substituents is 1. The molecule has 2 rings (SSSR count). The van der Waals surface area contributed by atoms with Crippen molar-refractivity contribution < 1.29 is 9.90 Å². The van der Waals surface area contributed by atoms with Crippen LogP contribution in [0.4, 0.5) is 0 Å². The Morgan fingerprint density at radius 1 is 1.53 bits per heavy atom. The van der Waals surface area contributed by atoms with E-state index >= 15 is 0 Å². The van der Waals surface area contributed by atoms with E-state index in [2.05, 4.69) is 0 Å². The summed E-state index contributed by atoms with van der Waals surface area (Å²) in [6.07, 6.45) is 3.16. The van der Waals surface area contributed by atoms with Crippen LogP contribution < -0.4 is 5.73 Å². The van der Waals surface area contributed by atoms with E-state index < -0.39 is 0 Å². The summed E-state index contributed by atoms with van der Waals surface area (Å²) in [7, 11) is 0. The second-order valence-corrected chi connectivity index (χ2v) is 5.29. The number of likely N-dealkylation sites (tertiary alicyclic amines) is 1. The Bertz CT molecular complexity index is 457. The summed E-state index contributed by atoms with van der Waals surface area (Å²) < 4.78 is 0. The van der Waals surface area contributed by atoms with Crippen LogP contribution in [0.25, 0.3) is 0 Å². The van der Waals surface area contributed by atoms with Crippen LogP contribution in [0.2, 0.25) is 0 Å². The molecule has 1 aliphatic rings. The van der Waals surface area contributed by atoms with Crippen molar-refractivity contribution in [3.8, 4) is 5.75 Å². The quantitative estimate of drug-likeness (QED) is 0.874. The minimum Gasteiger partial charge on any atom is -0.508 e. The number of nitrogens with two attached hydrogens (primary N) is 1. The minimum absolute atomic E-state index is 0.0233. The van der Waals surface area contributed by atoms with Gasteiger partial charge in [-0.2, -0.15) is 0 Å². The second-order valence-electron chi connectivity index (χ2n) is 5.29. The van der Waals surface area contributed by atoms with Crippen molar-refractivity contribution in [2.24, 2.45) is 11.7 Å². The van der Waals surface area contributed by atoms with Crippen molar-refractivity contribution in [3.63, 3.8) is 0 Å². The number of hydrogen-bond donors (Lipinski definition) is 2. The van der Waals surface area contributed by atoms with Gasteiger partial charge in [0.2, 0.25) is 0 Å². The summed E-state index contributed by atoms with van der Waals surface area (Å²) >= 11 is 0. The summed E-state index contributed by atoms with van der Waals surface area (Å²) in [4.78, 5) is 14.4. The molecule has 1 atom stereocenters. The molecule has 0 spiro atoms. The fraction of sp³-hybridized carbons (Fsp3) is 0.533. The van der Waals surface area contributed by atoms with Gasteiger partial charge in [0.05, 0.1) is 0 Å². The van der Waals surface area contributed by atoms with Gasteiger partial charge in [-0.15, -0.1) is 0 Å². The fourth-order valence-electron chi connectivity index (χ4n) is 2.75. The van der Waals surface area contributed by atoms with Crippen molar-refractivity contribution in [1.29, 1.82) is 0 Å². The van der Waals surface area contributed by atoms with Gasteiger partial charge >= 0.3 is 0 Å². The number of hydrogen-bond acceptors (Lipinski definition) is 3. The van der Waals surface area contributed by atoms with Crippen LogP contribution in [0.1, 0.15) is 35.2 Å². The summed E-state index contributed by atoms with van der Waals surface area (Å²) in [5.74, 6) is 0.719. The molecule has 1 aliphatic heterocycles. The maximum atomic E-state index is 12.5. The first-order valence-corrected chi connectivity index (χ1v) is 6.91. The second kappa shape index (κ2) is 6.06. The summed E-state index contributed by atoms with van der Waals surface area (Å²) in [6.45, 7) is 4.04. The van der Waals surface area contributed by atoms with E-state index in [0.29, 0.717) is 23.6 Å². The summed E-state index contributed by atoms with van der Waals surface area (Å²) in [5.41, 5.74) is 6.87. The number of carbonyl (C=O) groups excluding carboxylic acids is 1. The van der Waals surface area contributed by atoms with Gasteiger partial charge in [0, 0.05) is 24.2 Å². The first-order valence-electron chi connectivity index (χ1n) is 6.91. The minimum atomic E-state index is 0.0233. The molecule has 1 aromatic carbocycles. The van der Waals surface area contributed by atoms with Gasteiger partial charge in [0.15, 0.2) is 0 Å². The lowest BCUT2D eigenvalue weighted by Crippen LogP contribution is -2.40. The zero-order chi connectivity index (χ0) is 13.8. The fourth-order valence-corrected chi connectivity index (χ4v) is 2.75. The molecule has 1 saturated heterocycles. The van der Waals surface area contributed by atoms with E-state index in [0.717, 1.165) is 32.4 Å². The highest BCUT2D eigenvalue weighted by Gasteiger charge is 2.25. The Morgan fingerprint density at radius 3 is 3.05 bits per heavy atom. The summed E-state index contributed by atoms with van der Waals surface area (Å²) in [6, 6.07) is 5.11. The molecule has 3 N–H and O–H groups in total. The molecular weight excluding hydrogens is 240 g/mol. The summed E-state index contributed by atoms with van der Waals surface area (Å²) in [5, 5.41) is 9.70. The lowest BCUT2D eigenvalue weighted by atomic mass is 9.94. The van der Waals surface area contributed by atoms with Crippen molar-refractivity contribution in [2.45, 2.75) is 26.2 Å². The molecule has 1 heterocycles. The molecule has 0 radical (unpaired) electrons. The van der Waals surface area contributed by atoms with E-state index in [1.165, 1.54) is 0 Å². The van der Waals surface area contributed by atoms with E-state index in [1.807, 2.05) is 4.90 Å². The number of nitrogens with zero attached hydrogens (tertiary/aromatic N) is 1. The van der Waals surface area contributed by atoms with Crippen molar-refractivity contribution >= 4 is 5.91 Å². The Balaban J connectivity index is 2.12.